The van der Waals surface area contributed by atoms with Gasteiger partial charge in [0.25, 0.3) is 5.22 Å². The van der Waals surface area contributed by atoms with Crippen LogP contribution in [0.15, 0.2) is 27.8 Å². The van der Waals surface area contributed by atoms with E-state index >= 15 is 0 Å². The maximum absolute atomic E-state index is 11.9. The van der Waals surface area contributed by atoms with Gasteiger partial charge >= 0.3 is 6.18 Å². The van der Waals surface area contributed by atoms with Crippen molar-refractivity contribution < 1.29 is 22.4 Å². The number of anilines is 1. The first-order valence-electron chi connectivity index (χ1n) is 5.46. The van der Waals surface area contributed by atoms with Gasteiger partial charge in [-0.1, -0.05) is 11.8 Å². The van der Waals surface area contributed by atoms with Gasteiger partial charge in [0.05, 0.1) is 5.75 Å². The number of benzene rings is 1. The number of fused-ring (bicyclic) bond motifs is 1. The number of amides is 1. The zero-order valence-corrected chi connectivity index (χ0v) is 10.8. The fourth-order valence-corrected chi connectivity index (χ4v) is 2.03. The number of hydrogen-bond acceptors (Lipinski definition) is 5. The molecule has 1 aromatic carbocycles. The van der Waals surface area contributed by atoms with E-state index in [1.165, 1.54) is 0 Å². The summed E-state index contributed by atoms with van der Waals surface area (Å²) in [5.41, 5.74) is 7.12. The summed E-state index contributed by atoms with van der Waals surface area (Å²) in [6, 6.07) is 4.87. The van der Waals surface area contributed by atoms with Gasteiger partial charge in [-0.15, -0.1) is 0 Å². The number of rotatable bonds is 4. The number of nitrogens with zero attached hydrogens (tertiary/aromatic N) is 1. The van der Waals surface area contributed by atoms with Gasteiger partial charge in [-0.2, -0.15) is 13.2 Å². The number of aromatic nitrogens is 1. The Morgan fingerprint density at radius 2 is 2.20 bits per heavy atom. The standard InChI is InChI=1S/C11H10F3N3O2S/c12-11(13,14)5-16-9(18)4-20-10-17-7-3-6(15)1-2-8(7)19-10/h1-3H,4-5,15H2,(H,16,18). The lowest BCUT2D eigenvalue weighted by molar-refractivity contribution is -0.136. The van der Waals surface area contributed by atoms with Gasteiger partial charge in [0.2, 0.25) is 5.91 Å². The van der Waals surface area contributed by atoms with Crippen molar-refractivity contribution >= 4 is 34.5 Å². The fraction of sp³-hybridized carbons (Fsp3) is 0.273. The molecule has 0 spiro atoms. The van der Waals surface area contributed by atoms with Crippen LogP contribution in [-0.4, -0.2) is 29.4 Å². The lowest BCUT2D eigenvalue weighted by atomic mass is 10.3. The van der Waals surface area contributed by atoms with Gasteiger partial charge in [-0.25, -0.2) is 4.98 Å². The van der Waals surface area contributed by atoms with E-state index in [4.69, 9.17) is 10.2 Å². The van der Waals surface area contributed by atoms with Crippen LogP contribution in [0.5, 0.6) is 0 Å². The van der Waals surface area contributed by atoms with Crippen molar-refractivity contribution in [3.63, 3.8) is 0 Å². The molecule has 0 atom stereocenters. The molecule has 20 heavy (non-hydrogen) atoms. The van der Waals surface area contributed by atoms with E-state index in [9.17, 15) is 18.0 Å². The monoisotopic (exact) mass is 305 g/mol. The molecule has 9 heteroatoms. The van der Waals surface area contributed by atoms with Gasteiger partial charge in [-0.3, -0.25) is 4.79 Å². The molecule has 0 saturated heterocycles. The van der Waals surface area contributed by atoms with Crippen molar-refractivity contribution in [2.24, 2.45) is 0 Å². The highest BCUT2D eigenvalue weighted by Gasteiger charge is 2.27. The summed E-state index contributed by atoms with van der Waals surface area (Å²) < 4.78 is 41.0. The number of oxazole rings is 1. The van der Waals surface area contributed by atoms with Crippen LogP contribution in [-0.2, 0) is 4.79 Å². The number of hydrogen-bond donors (Lipinski definition) is 2. The second kappa shape index (κ2) is 5.61. The van der Waals surface area contributed by atoms with Gasteiger partial charge in [0.15, 0.2) is 5.58 Å². The summed E-state index contributed by atoms with van der Waals surface area (Å²) in [5, 5.41) is 1.96. The molecule has 0 aliphatic heterocycles. The average molecular weight is 305 g/mol. The first-order chi connectivity index (χ1) is 9.33. The number of halogens is 3. The molecule has 0 bridgehead atoms. The van der Waals surface area contributed by atoms with Crippen LogP contribution >= 0.6 is 11.8 Å². The lowest BCUT2D eigenvalue weighted by Gasteiger charge is -2.06. The minimum Gasteiger partial charge on any atom is -0.431 e. The molecule has 0 radical (unpaired) electrons. The molecule has 2 aromatic rings. The predicted octanol–water partition coefficient (Wildman–Crippen LogP) is 2.18. The topological polar surface area (TPSA) is 81.1 Å². The van der Waals surface area contributed by atoms with Crippen molar-refractivity contribution in [2.75, 3.05) is 18.0 Å². The number of nitrogens with one attached hydrogen (secondary N) is 1. The molecule has 1 aromatic heterocycles. The first-order valence-corrected chi connectivity index (χ1v) is 6.44. The Morgan fingerprint density at radius 1 is 1.45 bits per heavy atom. The second-order valence-corrected chi connectivity index (χ2v) is 4.81. The Morgan fingerprint density at radius 3 is 2.90 bits per heavy atom. The number of nitrogens with two attached hydrogens (primary N) is 1. The van der Waals surface area contributed by atoms with Crippen LogP contribution in [0.25, 0.3) is 11.1 Å². The average Bonchev–Trinajstić information content (AvgIpc) is 2.75. The third-order valence-corrected chi connectivity index (χ3v) is 3.03. The smallest absolute Gasteiger partial charge is 0.405 e. The molecule has 0 aliphatic carbocycles. The molecular weight excluding hydrogens is 295 g/mol. The molecule has 3 N–H and O–H groups in total. The highest BCUT2D eigenvalue weighted by Crippen LogP contribution is 2.24. The molecular formula is C11H10F3N3O2S. The molecule has 0 aliphatic rings. The Bertz CT molecular complexity index is 627. The number of carbonyl (C=O) groups excluding carboxylic acids is 1. The van der Waals surface area contributed by atoms with Crippen molar-refractivity contribution in [1.82, 2.24) is 10.3 Å². The minimum atomic E-state index is -4.42. The van der Waals surface area contributed by atoms with Crippen molar-refractivity contribution in [2.45, 2.75) is 11.4 Å². The predicted molar refractivity (Wildman–Crippen MR) is 68.2 cm³/mol. The third kappa shape index (κ3) is 4.05. The minimum absolute atomic E-state index is 0.202. The molecule has 1 heterocycles. The van der Waals surface area contributed by atoms with Crippen molar-refractivity contribution in [3.05, 3.63) is 18.2 Å². The first kappa shape index (κ1) is 14.5. The fourth-order valence-electron chi connectivity index (χ4n) is 1.36. The van der Waals surface area contributed by atoms with Gasteiger partial charge in [-0.05, 0) is 18.2 Å². The largest absolute Gasteiger partial charge is 0.431 e. The Balaban J connectivity index is 1.91. The molecule has 0 fully saturated rings. The number of carbonyl (C=O) groups is 1. The molecule has 0 saturated carbocycles. The normalized spacial score (nSPS) is 11.8. The summed E-state index contributed by atoms with van der Waals surface area (Å²) in [5.74, 6) is -0.952. The molecule has 0 unspecified atom stereocenters. The van der Waals surface area contributed by atoms with Gasteiger partial charge in [0.1, 0.15) is 12.1 Å². The van der Waals surface area contributed by atoms with E-state index in [-0.39, 0.29) is 11.0 Å². The van der Waals surface area contributed by atoms with Crippen LogP contribution < -0.4 is 11.1 Å². The van der Waals surface area contributed by atoms with E-state index < -0.39 is 18.6 Å². The maximum Gasteiger partial charge on any atom is 0.405 e. The highest BCUT2D eigenvalue weighted by atomic mass is 32.2. The van der Waals surface area contributed by atoms with E-state index in [0.717, 1.165) is 11.8 Å². The van der Waals surface area contributed by atoms with Gasteiger partial charge in [0, 0.05) is 5.69 Å². The zero-order valence-electron chi connectivity index (χ0n) is 10.0. The van der Waals surface area contributed by atoms with E-state index in [1.54, 1.807) is 23.5 Å². The number of alkyl halides is 3. The van der Waals surface area contributed by atoms with Crippen LogP contribution in [0.4, 0.5) is 18.9 Å². The molecule has 5 nitrogen and oxygen atoms in total. The number of nitrogen functional groups attached to an aromatic ring is 1. The summed E-state index contributed by atoms with van der Waals surface area (Å²) in [7, 11) is 0. The second-order valence-electron chi connectivity index (χ2n) is 3.89. The summed E-state index contributed by atoms with van der Waals surface area (Å²) in [6.07, 6.45) is -4.42. The third-order valence-electron chi connectivity index (χ3n) is 2.20. The Kier molecular flexibility index (Phi) is 4.07. The van der Waals surface area contributed by atoms with Crippen LogP contribution in [0.3, 0.4) is 0 Å². The molecule has 1 amide bonds. The Hall–Kier alpha value is -1.90. The van der Waals surface area contributed by atoms with Crippen molar-refractivity contribution in [3.8, 4) is 0 Å². The zero-order chi connectivity index (χ0) is 14.8. The maximum atomic E-state index is 11.9. The summed E-state index contributed by atoms with van der Waals surface area (Å²) in [6.45, 7) is -1.35. The van der Waals surface area contributed by atoms with E-state index in [2.05, 4.69) is 4.98 Å². The van der Waals surface area contributed by atoms with Crippen LogP contribution in [0, 0.1) is 0 Å². The summed E-state index contributed by atoms with van der Waals surface area (Å²) in [4.78, 5) is 15.3. The highest BCUT2D eigenvalue weighted by molar-refractivity contribution is 7.99. The Labute approximate surface area is 115 Å². The van der Waals surface area contributed by atoms with E-state index in [1.807, 2.05) is 0 Å². The van der Waals surface area contributed by atoms with Crippen molar-refractivity contribution in [1.29, 1.82) is 0 Å². The summed E-state index contributed by atoms with van der Waals surface area (Å²) >= 11 is 0.913. The van der Waals surface area contributed by atoms with Crippen LogP contribution in [0.1, 0.15) is 0 Å². The SMILES string of the molecule is Nc1ccc2oc(SCC(=O)NCC(F)(F)F)nc2c1. The van der Waals surface area contributed by atoms with E-state index in [0.29, 0.717) is 16.8 Å². The molecule has 108 valence electrons. The van der Waals surface area contributed by atoms with Crippen LogP contribution in [0.2, 0.25) is 0 Å². The molecule has 2 rings (SSSR count). The number of thioether (sulfide) groups is 1. The lowest BCUT2D eigenvalue weighted by Crippen LogP contribution is -2.34. The quantitative estimate of drug-likeness (QED) is 0.668. The van der Waals surface area contributed by atoms with Gasteiger partial charge < -0.3 is 15.5 Å².